The first-order valence-corrected chi connectivity index (χ1v) is 7.74. The summed E-state index contributed by atoms with van der Waals surface area (Å²) in [5.74, 6) is 0. The Morgan fingerprint density at radius 2 is 1.28 bits per heavy atom. The lowest BCUT2D eigenvalue weighted by molar-refractivity contribution is 0.517. The molecule has 0 aliphatic carbocycles. The van der Waals surface area contributed by atoms with Gasteiger partial charge in [0.15, 0.2) is 0 Å². The maximum atomic E-state index is 11.2. The van der Waals surface area contributed by atoms with Crippen molar-refractivity contribution in [2.45, 2.75) is 12.6 Å². The van der Waals surface area contributed by atoms with Gasteiger partial charge in [0.1, 0.15) is 11.4 Å². The first kappa shape index (κ1) is 20.6. The predicted molar refractivity (Wildman–Crippen MR) is 98.0 cm³/mol. The maximum absolute atomic E-state index is 11.2. The van der Waals surface area contributed by atoms with Crippen molar-refractivity contribution in [3.8, 4) is 0 Å². The van der Waals surface area contributed by atoms with Gasteiger partial charge < -0.3 is 0 Å². The largest absolute Gasteiger partial charge is 0.240 e. The van der Waals surface area contributed by atoms with Crippen LogP contribution in [-0.4, -0.2) is 30.4 Å². The zero-order valence-corrected chi connectivity index (χ0v) is 14.7. The SMILES string of the molecule is Cc1c(N=C=O)cc(C(N=C=O)(N=C=O)c2ccccc2)c(N=C=O)c1N=C=O. The second kappa shape index (κ2) is 9.33. The molecule has 0 spiro atoms. The Morgan fingerprint density at radius 3 is 1.79 bits per heavy atom. The fourth-order valence-electron chi connectivity index (χ4n) is 2.74. The highest BCUT2D eigenvalue weighted by molar-refractivity contribution is 5.82. The summed E-state index contributed by atoms with van der Waals surface area (Å²) in [5, 5.41) is 0. The first-order chi connectivity index (χ1) is 14.1. The van der Waals surface area contributed by atoms with Gasteiger partial charge in [-0.1, -0.05) is 30.3 Å². The molecule has 0 amide bonds. The lowest BCUT2D eigenvalue weighted by Gasteiger charge is -2.25. The van der Waals surface area contributed by atoms with Gasteiger partial charge in [-0.3, -0.25) is 0 Å². The molecule has 0 aliphatic rings. The van der Waals surface area contributed by atoms with Gasteiger partial charge in [0.05, 0.1) is 5.69 Å². The molecule has 0 heterocycles. The first-order valence-electron chi connectivity index (χ1n) is 7.74. The van der Waals surface area contributed by atoms with Crippen LogP contribution in [0.3, 0.4) is 0 Å². The fraction of sp³-hybridized carbons (Fsp3) is 0.105. The molecule has 2 aromatic rings. The molecule has 10 heteroatoms. The molecule has 0 aliphatic heterocycles. The highest BCUT2D eigenvalue weighted by atomic mass is 16.1. The van der Waals surface area contributed by atoms with Crippen molar-refractivity contribution >= 4 is 47.5 Å². The summed E-state index contributed by atoms with van der Waals surface area (Å²) in [4.78, 5) is 73.2. The summed E-state index contributed by atoms with van der Waals surface area (Å²) in [5.41, 5.74) is -2.45. The van der Waals surface area contributed by atoms with Gasteiger partial charge in [0.25, 0.3) is 0 Å². The van der Waals surface area contributed by atoms with Crippen LogP contribution < -0.4 is 0 Å². The molecule has 0 bridgehead atoms. The molecule has 0 aromatic heterocycles. The normalized spacial score (nSPS) is 11.2. The van der Waals surface area contributed by atoms with E-state index in [1.54, 1.807) is 18.2 Å². The van der Waals surface area contributed by atoms with Crippen LogP contribution in [0.25, 0.3) is 0 Å². The number of rotatable bonds is 7. The number of isocyanates is 5. The van der Waals surface area contributed by atoms with Crippen LogP contribution in [0.2, 0.25) is 0 Å². The molecule has 0 N–H and O–H groups in total. The Kier molecular flexibility index (Phi) is 6.64. The minimum absolute atomic E-state index is 0.0450. The molecule has 0 fully saturated rings. The minimum atomic E-state index is -2.10. The van der Waals surface area contributed by atoms with Crippen LogP contribution in [0.15, 0.2) is 61.4 Å². The van der Waals surface area contributed by atoms with E-state index >= 15 is 0 Å². The van der Waals surface area contributed by atoms with Crippen LogP contribution in [-0.2, 0) is 29.6 Å². The Labute approximate surface area is 162 Å². The van der Waals surface area contributed by atoms with E-state index in [-0.39, 0.29) is 33.8 Å². The van der Waals surface area contributed by atoms with Gasteiger partial charge in [0.2, 0.25) is 36.1 Å². The second-order valence-corrected chi connectivity index (χ2v) is 5.32. The minimum Gasteiger partial charge on any atom is -0.211 e. The van der Waals surface area contributed by atoms with Crippen molar-refractivity contribution in [1.82, 2.24) is 0 Å². The quantitative estimate of drug-likeness (QED) is 0.529. The van der Waals surface area contributed by atoms with Crippen molar-refractivity contribution in [1.29, 1.82) is 0 Å². The summed E-state index contributed by atoms with van der Waals surface area (Å²) >= 11 is 0. The average molecular weight is 387 g/mol. The Balaban J connectivity index is 3.21. The highest BCUT2D eigenvalue weighted by Crippen LogP contribution is 2.48. The Morgan fingerprint density at radius 1 is 0.724 bits per heavy atom. The molecule has 10 nitrogen and oxygen atoms in total. The van der Waals surface area contributed by atoms with Crippen LogP contribution >= 0.6 is 0 Å². The van der Waals surface area contributed by atoms with E-state index < -0.39 is 5.66 Å². The average Bonchev–Trinajstić information content (AvgIpc) is 2.73. The van der Waals surface area contributed by atoms with E-state index in [9.17, 15) is 24.0 Å². The summed E-state index contributed by atoms with van der Waals surface area (Å²) in [7, 11) is 0. The Bertz CT molecular complexity index is 1170. The van der Waals surface area contributed by atoms with Gasteiger partial charge in [-0.05, 0) is 13.0 Å². The molecule has 140 valence electrons. The van der Waals surface area contributed by atoms with Gasteiger partial charge in [0, 0.05) is 16.7 Å². The topological polar surface area (TPSA) is 147 Å². The summed E-state index contributed by atoms with van der Waals surface area (Å²) < 4.78 is 0. The van der Waals surface area contributed by atoms with Gasteiger partial charge in [-0.2, -0.15) is 25.0 Å². The third kappa shape index (κ3) is 3.88. The molecule has 0 saturated carbocycles. The van der Waals surface area contributed by atoms with Gasteiger partial charge in [-0.15, -0.1) is 0 Å². The van der Waals surface area contributed by atoms with Crippen molar-refractivity contribution < 1.29 is 24.0 Å². The highest BCUT2D eigenvalue weighted by Gasteiger charge is 2.39. The van der Waals surface area contributed by atoms with E-state index in [0.717, 1.165) is 0 Å². The molecule has 2 aromatic carbocycles. The summed E-state index contributed by atoms with van der Waals surface area (Å²) in [6.45, 7) is 1.44. The zero-order chi connectivity index (χ0) is 21.3. The van der Waals surface area contributed by atoms with Crippen LogP contribution in [0.1, 0.15) is 16.7 Å². The number of benzene rings is 2. The lowest BCUT2D eigenvalue weighted by Crippen LogP contribution is -2.23. The van der Waals surface area contributed by atoms with E-state index in [1.165, 1.54) is 55.5 Å². The van der Waals surface area contributed by atoms with Crippen LogP contribution in [0.4, 0.5) is 17.1 Å². The summed E-state index contributed by atoms with van der Waals surface area (Å²) in [6.07, 6.45) is 6.60. The van der Waals surface area contributed by atoms with E-state index in [4.69, 9.17) is 0 Å². The molecule has 0 radical (unpaired) electrons. The number of aliphatic imine (C=N–C) groups is 5. The van der Waals surface area contributed by atoms with Crippen molar-refractivity contribution in [2.75, 3.05) is 0 Å². The molecule has 2 rings (SSSR count). The smallest absolute Gasteiger partial charge is 0.211 e. The van der Waals surface area contributed by atoms with Crippen molar-refractivity contribution in [3.05, 3.63) is 53.1 Å². The van der Waals surface area contributed by atoms with Gasteiger partial charge >= 0.3 is 0 Å². The predicted octanol–water partition coefficient (Wildman–Crippen LogP) is 2.77. The molecule has 0 atom stereocenters. The summed E-state index contributed by atoms with van der Waals surface area (Å²) in [6, 6.07) is 9.00. The van der Waals surface area contributed by atoms with E-state index in [2.05, 4.69) is 25.0 Å². The standard InChI is InChI=1S/C19H9N5O5/c1-13-16(20-8-25)7-15(18(22-10-27)17(13)21-9-26)19(23-11-28,24-12-29)14-5-3-2-4-6-14/h2-7H,1H3. The second-order valence-electron chi connectivity index (χ2n) is 5.32. The van der Waals surface area contributed by atoms with E-state index in [1.807, 2.05) is 0 Å². The Hall–Kier alpha value is -4.66. The van der Waals surface area contributed by atoms with Crippen LogP contribution in [0, 0.1) is 6.92 Å². The fourth-order valence-corrected chi connectivity index (χ4v) is 2.74. The van der Waals surface area contributed by atoms with E-state index in [0.29, 0.717) is 0 Å². The number of hydrogen-bond acceptors (Lipinski definition) is 10. The van der Waals surface area contributed by atoms with Crippen molar-refractivity contribution in [3.63, 3.8) is 0 Å². The molecule has 0 unspecified atom stereocenters. The molecule has 29 heavy (non-hydrogen) atoms. The maximum Gasteiger partial charge on any atom is 0.240 e. The third-order valence-electron chi connectivity index (χ3n) is 3.95. The molecular formula is C19H9N5O5. The molecule has 0 saturated heterocycles. The van der Waals surface area contributed by atoms with Crippen LogP contribution in [0.5, 0.6) is 0 Å². The van der Waals surface area contributed by atoms with Gasteiger partial charge in [-0.25, -0.2) is 24.0 Å². The number of carbonyl (C=O) groups excluding carboxylic acids is 5. The third-order valence-corrected chi connectivity index (χ3v) is 3.95. The number of nitrogens with zero attached hydrogens (tertiary/aromatic N) is 5. The number of hydrogen-bond donors (Lipinski definition) is 0. The lowest BCUT2D eigenvalue weighted by atomic mass is 9.88. The monoisotopic (exact) mass is 387 g/mol. The molecular weight excluding hydrogens is 378 g/mol. The van der Waals surface area contributed by atoms with Crippen molar-refractivity contribution in [2.24, 2.45) is 25.0 Å². The zero-order valence-electron chi connectivity index (χ0n) is 14.7.